The van der Waals surface area contributed by atoms with Crippen molar-refractivity contribution >= 4 is 11.0 Å². The smallest absolute Gasteiger partial charge is 0.336 e. The number of piperidine rings is 1. The van der Waals surface area contributed by atoms with Gasteiger partial charge in [-0.3, -0.25) is 4.90 Å². The number of hydrogen-bond donors (Lipinski definition) is 1. The molecule has 1 aliphatic rings. The minimum absolute atomic E-state index is 0.215. The number of likely N-dealkylation sites (tertiary alicyclic amines) is 1. The van der Waals surface area contributed by atoms with Crippen molar-refractivity contribution in [1.82, 2.24) is 4.90 Å². The van der Waals surface area contributed by atoms with Crippen molar-refractivity contribution in [1.29, 1.82) is 0 Å². The SMILES string of the molecule is Cc1ccc2c(CN3CCC(C)C(N)C3)cc(=O)oc2c1. The van der Waals surface area contributed by atoms with E-state index in [4.69, 9.17) is 10.2 Å². The average Bonchev–Trinajstić information content (AvgIpc) is 2.42. The molecule has 1 saturated heterocycles. The van der Waals surface area contributed by atoms with Gasteiger partial charge in [-0.2, -0.15) is 0 Å². The van der Waals surface area contributed by atoms with E-state index in [9.17, 15) is 4.79 Å². The van der Waals surface area contributed by atoms with Crippen molar-refractivity contribution in [3.05, 3.63) is 45.8 Å². The van der Waals surface area contributed by atoms with E-state index in [0.717, 1.165) is 42.6 Å². The molecule has 2 atom stereocenters. The zero-order chi connectivity index (χ0) is 15.0. The molecule has 3 rings (SSSR count). The first kappa shape index (κ1) is 14.3. The number of fused-ring (bicyclic) bond motifs is 1. The van der Waals surface area contributed by atoms with Gasteiger partial charge < -0.3 is 10.2 Å². The van der Waals surface area contributed by atoms with Crippen molar-refractivity contribution in [2.75, 3.05) is 13.1 Å². The predicted molar refractivity (Wildman–Crippen MR) is 84.3 cm³/mol. The summed E-state index contributed by atoms with van der Waals surface area (Å²) in [6.07, 6.45) is 1.11. The number of aryl methyl sites for hydroxylation is 1. The molecule has 0 radical (unpaired) electrons. The minimum atomic E-state index is -0.280. The molecular weight excluding hydrogens is 264 g/mol. The van der Waals surface area contributed by atoms with Crippen molar-refractivity contribution in [3.63, 3.8) is 0 Å². The molecule has 0 spiro atoms. The third-order valence-electron chi connectivity index (χ3n) is 4.48. The highest BCUT2D eigenvalue weighted by Crippen LogP contribution is 2.22. The molecule has 2 N–H and O–H groups in total. The number of rotatable bonds is 2. The third-order valence-corrected chi connectivity index (χ3v) is 4.48. The zero-order valence-corrected chi connectivity index (χ0v) is 12.6. The summed E-state index contributed by atoms with van der Waals surface area (Å²) in [7, 11) is 0. The molecule has 2 unspecified atom stereocenters. The Hall–Kier alpha value is -1.65. The Morgan fingerprint density at radius 3 is 2.95 bits per heavy atom. The quantitative estimate of drug-likeness (QED) is 0.860. The van der Waals surface area contributed by atoms with E-state index in [1.54, 1.807) is 6.07 Å². The number of hydrogen-bond acceptors (Lipinski definition) is 4. The lowest BCUT2D eigenvalue weighted by Crippen LogP contribution is -2.47. The lowest BCUT2D eigenvalue weighted by molar-refractivity contribution is 0.162. The fourth-order valence-corrected chi connectivity index (χ4v) is 3.02. The second-order valence-corrected chi connectivity index (χ2v) is 6.26. The van der Waals surface area contributed by atoms with Gasteiger partial charge in [-0.25, -0.2) is 4.79 Å². The first-order valence-corrected chi connectivity index (χ1v) is 7.54. The second kappa shape index (κ2) is 5.62. The molecule has 4 heteroatoms. The molecule has 21 heavy (non-hydrogen) atoms. The van der Waals surface area contributed by atoms with Gasteiger partial charge in [0, 0.05) is 30.6 Å². The highest BCUT2D eigenvalue weighted by Gasteiger charge is 2.23. The van der Waals surface area contributed by atoms with Crippen LogP contribution in [0.25, 0.3) is 11.0 Å². The number of nitrogens with two attached hydrogens (primary N) is 1. The topological polar surface area (TPSA) is 59.5 Å². The summed E-state index contributed by atoms with van der Waals surface area (Å²) < 4.78 is 5.31. The van der Waals surface area contributed by atoms with E-state index < -0.39 is 0 Å². The Bertz CT molecular complexity index is 707. The van der Waals surface area contributed by atoms with E-state index in [2.05, 4.69) is 17.9 Å². The normalized spacial score (nSPS) is 23.6. The van der Waals surface area contributed by atoms with Crippen LogP contribution in [0, 0.1) is 12.8 Å². The van der Waals surface area contributed by atoms with Crippen molar-refractivity contribution < 1.29 is 4.42 Å². The van der Waals surface area contributed by atoms with Crippen molar-refractivity contribution in [2.24, 2.45) is 11.7 Å². The van der Waals surface area contributed by atoms with Crippen LogP contribution in [0.2, 0.25) is 0 Å². The molecule has 0 amide bonds. The molecule has 112 valence electrons. The minimum Gasteiger partial charge on any atom is -0.423 e. The Morgan fingerprint density at radius 1 is 1.38 bits per heavy atom. The Labute approximate surface area is 124 Å². The van der Waals surface area contributed by atoms with Crippen LogP contribution in [-0.4, -0.2) is 24.0 Å². The van der Waals surface area contributed by atoms with Gasteiger partial charge >= 0.3 is 5.63 Å². The van der Waals surface area contributed by atoms with Gasteiger partial charge in [0.15, 0.2) is 0 Å². The molecule has 4 nitrogen and oxygen atoms in total. The van der Waals surface area contributed by atoms with Crippen LogP contribution in [0.15, 0.2) is 33.5 Å². The molecule has 0 saturated carbocycles. The third kappa shape index (κ3) is 3.01. The van der Waals surface area contributed by atoms with Gasteiger partial charge in [0.2, 0.25) is 0 Å². The summed E-state index contributed by atoms with van der Waals surface area (Å²) in [5.74, 6) is 0.571. The Kier molecular flexibility index (Phi) is 3.83. The summed E-state index contributed by atoms with van der Waals surface area (Å²) in [5.41, 5.74) is 8.68. The lowest BCUT2D eigenvalue weighted by atomic mass is 9.94. The van der Waals surface area contributed by atoms with Crippen LogP contribution in [0.3, 0.4) is 0 Å². The van der Waals surface area contributed by atoms with Gasteiger partial charge in [-0.15, -0.1) is 0 Å². The van der Waals surface area contributed by atoms with Crippen LogP contribution in [0.1, 0.15) is 24.5 Å². The largest absolute Gasteiger partial charge is 0.423 e. The standard InChI is InChI=1S/C17H22N2O2/c1-11-3-4-14-13(8-17(20)21-16(14)7-11)9-19-6-5-12(2)15(18)10-19/h3-4,7-8,12,15H,5-6,9-10,18H2,1-2H3. The van der Waals surface area contributed by atoms with Gasteiger partial charge in [0.25, 0.3) is 0 Å². The lowest BCUT2D eigenvalue weighted by Gasteiger charge is -2.35. The molecule has 2 heterocycles. The van der Waals surface area contributed by atoms with E-state index in [1.807, 2.05) is 19.1 Å². The monoisotopic (exact) mass is 286 g/mol. The highest BCUT2D eigenvalue weighted by molar-refractivity contribution is 5.80. The molecule has 0 bridgehead atoms. The Balaban J connectivity index is 1.92. The van der Waals surface area contributed by atoms with Crippen molar-refractivity contribution in [3.8, 4) is 0 Å². The average molecular weight is 286 g/mol. The van der Waals surface area contributed by atoms with Gasteiger partial charge in [0.05, 0.1) is 0 Å². The van der Waals surface area contributed by atoms with Gasteiger partial charge in [0.1, 0.15) is 5.58 Å². The molecule has 1 aliphatic heterocycles. The summed E-state index contributed by atoms with van der Waals surface area (Å²) >= 11 is 0. The first-order valence-electron chi connectivity index (χ1n) is 7.54. The second-order valence-electron chi connectivity index (χ2n) is 6.26. The zero-order valence-electron chi connectivity index (χ0n) is 12.6. The van der Waals surface area contributed by atoms with Crippen LogP contribution < -0.4 is 11.4 Å². The molecule has 0 aliphatic carbocycles. The maximum atomic E-state index is 11.8. The summed E-state index contributed by atoms with van der Waals surface area (Å²) in [4.78, 5) is 14.1. The van der Waals surface area contributed by atoms with E-state index in [1.165, 1.54) is 0 Å². The fraction of sp³-hybridized carbons (Fsp3) is 0.471. The summed E-state index contributed by atoms with van der Waals surface area (Å²) in [5, 5.41) is 1.02. The summed E-state index contributed by atoms with van der Waals surface area (Å²) in [6, 6.07) is 7.84. The van der Waals surface area contributed by atoms with Crippen LogP contribution in [-0.2, 0) is 6.54 Å². The van der Waals surface area contributed by atoms with Crippen LogP contribution >= 0.6 is 0 Å². The fourth-order valence-electron chi connectivity index (χ4n) is 3.02. The maximum Gasteiger partial charge on any atom is 0.336 e. The first-order chi connectivity index (χ1) is 10.0. The molecule has 1 aromatic heterocycles. The molecule has 2 aromatic rings. The Morgan fingerprint density at radius 2 is 2.19 bits per heavy atom. The van der Waals surface area contributed by atoms with Crippen molar-refractivity contribution in [2.45, 2.75) is 32.9 Å². The summed E-state index contributed by atoms with van der Waals surface area (Å²) in [6.45, 7) is 6.87. The molecule has 1 aromatic carbocycles. The van der Waals surface area contributed by atoms with Gasteiger partial charge in [-0.1, -0.05) is 19.1 Å². The molecular formula is C17H22N2O2. The van der Waals surface area contributed by atoms with Crippen LogP contribution in [0.4, 0.5) is 0 Å². The number of benzene rings is 1. The van der Waals surface area contributed by atoms with E-state index >= 15 is 0 Å². The molecule has 1 fully saturated rings. The highest BCUT2D eigenvalue weighted by atomic mass is 16.4. The number of nitrogens with zero attached hydrogens (tertiary/aromatic N) is 1. The van der Waals surface area contributed by atoms with Gasteiger partial charge in [-0.05, 0) is 43.0 Å². The maximum absolute atomic E-state index is 11.8. The predicted octanol–water partition coefficient (Wildman–Crippen LogP) is 2.27. The van der Waals surface area contributed by atoms with Crippen LogP contribution in [0.5, 0.6) is 0 Å². The van der Waals surface area contributed by atoms with E-state index in [-0.39, 0.29) is 11.7 Å². The van der Waals surface area contributed by atoms with E-state index in [0.29, 0.717) is 11.5 Å².